The first-order valence-electron chi connectivity index (χ1n) is 8.72. The van der Waals surface area contributed by atoms with Gasteiger partial charge in [0, 0.05) is 11.6 Å². The summed E-state index contributed by atoms with van der Waals surface area (Å²) in [4.78, 5) is 28.7. The molecule has 2 aliphatic rings. The van der Waals surface area contributed by atoms with Gasteiger partial charge in [-0.2, -0.15) is 0 Å². The minimum atomic E-state index is -0.240. The topological polar surface area (TPSA) is 49.9 Å². The molecule has 0 spiro atoms. The Balaban J connectivity index is 1.63. The van der Waals surface area contributed by atoms with Crippen LogP contribution >= 0.6 is 11.6 Å². The van der Waals surface area contributed by atoms with Crippen molar-refractivity contribution < 1.29 is 14.3 Å². The molecule has 0 aliphatic carbocycles. The molecule has 4 rings (SSSR count). The first-order valence-corrected chi connectivity index (χ1v) is 9.10. The number of para-hydroxylation sites is 1. The standard InChI is InChI=1S/C20H19ClN2O3/c1-2-13-4-3-5-14-8-9-22(20(13)14)18(24)11-23-16-10-15(21)6-7-17(16)26-12-19(23)25/h3-7,10H,2,8-9,11-12H2,1H3. The van der Waals surface area contributed by atoms with E-state index in [0.717, 1.165) is 24.1 Å². The number of benzene rings is 2. The van der Waals surface area contributed by atoms with E-state index in [1.54, 1.807) is 23.1 Å². The van der Waals surface area contributed by atoms with Crippen LogP contribution in [-0.4, -0.2) is 31.5 Å². The summed E-state index contributed by atoms with van der Waals surface area (Å²) in [6, 6.07) is 11.3. The zero-order valence-electron chi connectivity index (χ0n) is 14.5. The molecule has 0 radical (unpaired) electrons. The molecule has 0 N–H and O–H groups in total. The maximum absolute atomic E-state index is 13.0. The lowest BCUT2D eigenvalue weighted by Gasteiger charge is -2.30. The van der Waals surface area contributed by atoms with Crippen molar-refractivity contribution in [3.8, 4) is 5.75 Å². The Morgan fingerprint density at radius 3 is 2.92 bits per heavy atom. The van der Waals surface area contributed by atoms with E-state index in [4.69, 9.17) is 16.3 Å². The van der Waals surface area contributed by atoms with E-state index in [0.29, 0.717) is 23.0 Å². The Labute approximate surface area is 157 Å². The maximum atomic E-state index is 13.0. The molecule has 26 heavy (non-hydrogen) atoms. The fourth-order valence-corrected chi connectivity index (χ4v) is 3.81. The third kappa shape index (κ3) is 2.82. The zero-order chi connectivity index (χ0) is 18.3. The van der Waals surface area contributed by atoms with Crippen LogP contribution in [-0.2, 0) is 22.4 Å². The van der Waals surface area contributed by atoms with Crippen LogP contribution < -0.4 is 14.5 Å². The molecular weight excluding hydrogens is 352 g/mol. The third-order valence-electron chi connectivity index (χ3n) is 4.92. The first kappa shape index (κ1) is 16.9. The lowest BCUT2D eigenvalue weighted by Crippen LogP contribution is -2.46. The number of hydrogen-bond acceptors (Lipinski definition) is 3. The number of ether oxygens (including phenoxy) is 1. The number of anilines is 2. The lowest BCUT2D eigenvalue weighted by molar-refractivity contribution is -0.124. The molecule has 6 heteroatoms. The van der Waals surface area contributed by atoms with Crippen LogP contribution in [0.1, 0.15) is 18.1 Å². The van der Waals surface area contributed by atoms with Gasteiger partial charge in [0.2, 0.25) is 5.91 Å². The minimum Gasteiger partial charge on any atom is -0.482 e. The fraction of sp³-hybridized carbons (Fsp3) is 0.300. The van der Waals surface area contributed by atoms with Gasteiger partial charge in [0.05, 0.1) is 11.4 Å². The van der Waals surface area contributed by atoms with Gasteiger partial charge >= 0.3 is 0 Å². The van der Waals surface area contributed by atoms with Gasteiger partial charge in [-0.1, -0.05) is 36.7 Å². The van der Waals surface area contributed by atoms with Crippen LogP contribution in [0.15, 0.2) is 36.4 Å². The van der Waals surface area contributed by atoms with Gasteiger partial charge in [-0.3, -0.25) is 14.5 Å². The molecule has 0 saturated heterocycles. The minimum absolute atomic E-state index is 0.0208. The number of amides is 2. The molecule has 2 aliphatic heterocycles. The van der Waals surface area contributed by atoms with Crippen LogP contribution in [0.25, 0.3) is 0 Å². The van der Waals surface area contributed by atoms with E-state index in [1.165, 1.54) is 10.5 Å². The Morgan fingerprint density at radius 2 is 2.12 bits per heavy atom. The predicted octanol–water partition coefficient (Wildman–Crippen LogP) is 3.22. The molecule has 0 bridgehead atoms. The molecule has 0 aromatic heterocycles. The highest BCUT2D eigenvalue weighted by atomic mass is 35.5. The van der Waals surface area contributed by atoms with Crippen LogP contribution in [0, 0.1) is 0 Å². The first-order chi connectivity index (χ1) is 12.6. The zero-order valence-corrected chi connectivity index (χ0v) is 15.3. The molecule has 2 aromatic carbocycles. The lowest BCUT2D eigenvalue weighted by atomic mass is 10.1. The van der Waals surface area contributed by atoms with Crippen LogP contribution in [0.4, 0.5) is 11.4 Å². The van der Waals surface area contributed by atoms with Gasteiger partial charge in [-0.15, -0.1) is 0 Å². The van der Waals surface area contributed by atoms with E-state index in [1.807, 2.05) is 6.07 Å². The van der Waals surface area contributed by atoms with Gasteiger partial charge in [0.25, 0.3) is 5.91 Å². The highest BCUT2D eigenvalue weighted by Gasteiger charge is 2.32. The van der Waals surface area contributed by atoms with E-state index < -0.39 is 0 Å². The number of rotatable bonds is 3. The molecule has 5 nitrogen and oxygen atoms in total. The van der Waals surface area contributed by atoms with Crippen molar-refractivity contribution in [3.63, 3.8) is 0 Å². The molecule has 2 heterocycles. The molecule has 2 aromatic rings. The number of nitrogens with zero attached hydrogens (tertiary/aromatic N) is 2. The molecular formula is C20H19ClN2O3. The van der Waals surface area contributed by atoms with Gasteiger partial charge in [0.1, 0.15) is 12.3 Å². The maximum Gasteiger partial charge on any atom is 0.265 e. The highest BCUT2D eigenvalue weighted by Crippen LogP contribution is 2.36. The van der Waals surface area contributed by atoms with Crippen LogP contribution in [0.3, 0.4) is 0 Å². The van der Waals surface area contributed by atoms with Gasteiger partial charge in [0.15, 0.2) is 6.61 Å². The summed E-state index contributed by atoms with van der Waals surface area (Å²) in [7, 11) is 0. The summed E-state index contributed by atoms with van der Waals surface area (Å²) in [6.07, 6.45) is 1.70. The smallest absolute Gasteiger partial charge is 0.265 e. The SMILES string of the molecule is CCc1cccc2c1N(C(=O)CN1C(=O)COc3ccc(Cl)cc31)CC2. The molecule has 2 amide bonds. The molecule has 0 fully saturated rings. The largest absolute Gasteiger partial charge is 0.482 e. The Morgan fingerprint density at radius 1 is 1.27 bits per heavy atom. The number of halogens is 1. The van der Waals surface area contributed by atoms with E-state index >= 15 is 0 Å². The van der Waals surface area contributed by atoms with E-state index in [9.17, 15) is 9.59 Å². The quantitative estimate of drug-likeness (QED) is 0.833. The van der Waals surface area contributed by atoms with Gasteiger partial charge in [-0.05, 0) is 42.2 Å². The summed E-state index contributed by atoms with van der Waals surface area (Å²) >= 11 is 6.07. The fourth-order valence-electron chi connectivity index (χ4n) is 3.64. The summed E-state index contributed by atoms with van der Waals surface area (Å²) in [5.41, 5.74) is 3.90. The van der Waals surface area contributed by atoms with Crippen LogP contribution in [0.5, 0.6) is 5.75 Å². The van der Waals surface area contributed by atoms with Crippen molar-refractivity contribution in [1.82, 2.24) is 0 Å². The Bertz CT molecular complexity index is 897. The van der Waals surface area contributed by atoms with Crippen molar-refractivity contribution in [2.24, 2.45) is 0 Å². The summed E-state index contributed by atoms with van der Waals surface area (Å²) in [5, 5.41) is 0.499. The Hall–Kier alpha value is -2.53. The number of fused-ring (bicyclic) bond motifs is 2. The predicted molar refractivity (Wildman–Crippen MR) is 101 cm³/mol. The Kier molecular flexibility index (Phi) is 4.32. The average molecular weight is 371 g/mol. The second-order valence-corrected chi connectivity index (χ2v) is 6.89. The summed E-state index contributed by atoms with van der Waals surface area (Å²) in [5.74, 6) is 0.236. The molecule has 0 unspecified atom stereocenters. The number of aryl methyl sites for hydroxylation is 1. The van der Waals surface area contributed by atoms with Crippen molar-refractivity contribution in [3.05, 3.63) is 52.5 Å². The van der Waals surface area contributed by atoms with Crippen molar-refractivity contribution in [2.45, 2.75) is 19.8 Å². The van der Waals surface area contributed by atoms with Crippen molar-refractivity contribution in [2.75, 3.05) is 29.5 Å². The molecule has 0 saturated carbocycles. The van der Waals surface area contributed by atoms with Gasteiger partial charge < -0.3 is 9.64 Å². The van der Waals surface area contributed by atoms with Crippen LogP contribution in [0.2, 0.25) is 5.02 Å². The number of carbonyl (C=O) groups is 2. The number of carbonyl (C=O) groups excluding carboxylic acids is 2. The van der Waals surface area contributed by atoms with Crippen molar-refractivity contribution in [1.29, 1.82) is 0 Å². The molecule has 134 valence electrons. The monoisotopic (exact) mass is 370 g/mol. The number of hydrogen-bond donors (Lipinski definition) is 0. The van der Waals surface area contributed by atoms with Gasteiger partial charge in [-0.25, -0.2) is 0 Å². The van der Waals surface area contributed by atoms with Crippen molar-refractivity contribution >= 4 is 34.8 Å². The molecule has 0 atom stereocenters. The normalized spacial score (nSPS) is 15.5. The summed E-state index contributed by atoms with van der Waals surface area (Å²) < 4.78 is 5.45. The second-order valence-electron chi connectivity index (χ2n) is 6.45. The second kappa shape index (κ2) is 6.65. The third-order valence-corrected chi connectivity index (χ3v) is 5.15. The average Bonchev–Trinajstić information content (AvgIpc) is 3.08. The highest BCUT2D eigenvalue weighted by molar-refractivity contribution is 6.31. The van der Waals surface area contributed by atoms with E-state index in [2.05, 4.69) is 19.1 Å². The van der Waals surface area contributed by atoms with E-state index in [-0.39, 0.29) is 25.0 Å². The summed E-state index contributed by atoms with van der Waals surface area (Å²) in [6.45, 7) is 2.64.